The third-order valence-electron chi connectivity index (χ3n) is 2.99. The van der Waals surface area contributed by atoms with Crippen molar-refractivity contribution >= 4 is 17.3 Å². The number of allylic oxidation sites excluding steroid dienone is 3. The SMILES string of the molecule is C/C(N)=C(Cl)/C=C(\N)N=C(c1ccccc1)c1ccccc1. The second-order valence-electron chi connectivity index (χ2n) is 4.79. The maximum atomic E-state index is 6.02. The molecule has 0 saturated carbocycles. The molecule has 22 heavy (non-hydrogen) atoms. The predicted molar refractivity (Wildman–Crippen MR) is 93.5 cm³/mol. The van der Waals surface area contributed by atoms with E-state index in [2.05, 4.69) is 4.99 Å². The number of nitrogens with two attached hydrogens (primary N) is 2. The minimum atomic E-state index is 0.303. The number of nitrogens with zero attached hydrogens (tertiary/aromatic N) is 1. The van der Waals surface area contributed by atoms with Gasteiger partial charge in [-0.05, 0) is 6.92 Å². The molecule has 0 spiro atoms. The fourth-order valence-electron chi connectivity index (χ4n) is 1.89. The monoisotopic (exact) mass is 311 g/mol. The van der Waals surface area contributed by atoms with E-state index in [1.807, 2.05) is 60.7 Å². The maximum Gasteiger partial charge on any atom is 0.125 e. The smallest absolute Gasteiger partial charge is 0.125 e. The summed E-state index contributed by atoms with van der Waals surface area (Å²) >= 11 is 6.02. The fraction of sp³-hybridized carbons (Fsp3) is 0.0556. The lowest BCUT2D eigenvalue weighted by atomic mass is 10.0. The van der Waals surface area contributed by atoms with Gasteiger partial charge in [0, 0.05) is 22.9 Å². The van der Waals surface area contributed by atoms with Crippen LogP contribution in [0.15, 0.2) is 88.3 Å². The van der Waals surface area contributed by atoms with E-state index in [0.717, 1.165) is 16.8 Å². The van der Waals surface area contributed by atoms with E-state index in [0.29, 0.717) is 16.6 Å². The van der Waals surface area contributed by atoms with Gasteiger partial charge in [-0.15, -0.1) is 0 Å². The molecular formula is C18H18ClN3. The van der Waals surface area contributed by atoms with Crippen LogP contribution in [0.25, 0.3) is 0 Å². The Morgan fingerprint density at radius 3 is 1.77 bits per heavy atom. The molecule has 0 heterocycles. The molecule has 0 aliphatic carbocycles. The minimum Gasteiger partial charge on any atom is -0.401 e. The fourth-order valence-corrected chi connectivity index (χ4v) is 2.00. The van der Waals surface area contributed by atoms with E-state index in [1.54, 1.807) is 13.0 Å². The van der Waals surface area contributed by atoms with Crippen molar-refractivity contribution in [2.45, 2.75) is 6.92 Å². The van der Waals surface area contributed by atoms with Crippen LogP contribution in [-0.4, -0.2) is 5.71 Å². The molecule has 2 aromatic rings. The van der Waals surface area contributed by atoms with Crippen LogP contribution in [0.1, 0.15) is 18.1 Å². The van der Waals surface area contributed by atoms with Crippen molar-refractivity contribution in [3.63, 3.8) is 0 Å². The van der Waals surface area contributed by atoms with Gasteiger partial charge in [-0.25, -0.2) is 4.99 Å². The standard InChI is InChI=1S/C18H18ClN3/c1-13(20)16(19)12-17(21)22-18(14-8-4-2-5-9-14)15-10-6-3-7-11-15/h2-12H,20-21H2,1H3/b16-13+,17-12+. The highest BCUT2D eigenvalue weighted by Gasteiger charge is 2.06. The number of rotatable bonds is 4. The van der Waals surface area contributed by atoms with Gasteiger partial charge in [0.05, 0.1) is 10.7 Å². The maximum absolute atomic E-state index is 6.02. The number of hydrogen-bond acceptors (Lipinski definition) is 3. The summed E-state index contributed by atoms with van der Waals surface area (Å²) in [6.07, 6.45) is 1.56. The molecule has 2 aromatic carbocycles. The van der Waals surface area contributed by atoms with Crippen molar-refractivity contribution in [1.29, 1.82) is 0 Å². The van der Waals surface area contributed by atoms with E-state index in [4.69, 9.17) is 23.1 Å². The zero-order valence-corrected chi connectivity index (χ0v) is 13.1. The molecule has 0 aromatic heterocycles. The molecule has 0 radical (unpaired) electrons. The zero-order valence-electron chi connectivity index (χ0n) is 12.3. The van der Waals surface area contributed by atoms with Crippen LogP contribution in [0.3, 0.4) is 0 Å². The van der Waals surface area contributed by atoms with Crippen molar-refractivity contribution in [3.05, 3.63) is 94.4 Å². The first-order valence-corrected chi connectivity index (χ1v) is 7.24. The quantitative estimate of drug-likeness (QED) is 0.667. The summed E-state index contributed by atoms with van der Waals surface area (Å²) in [5.41, 5.74) is 14.9. The molecule has 0 fully saturated rings. The predicted octanol–water partition coefficient (Wildman–Crippen LogP) is 3.75. The van der Waals surface area contributed by atoms with Gasteiger partial charge in [0.1, 0.15) is 5.82 Å². The van der Waals surface area contributed by atoms with E-state index >= 15 is 0 Å². The van der Waals surface area contributed by atoms with Crippen molar-refractivity contribution in [1.82, 2.24) is 0 Å². The first-order valence-electron chi connectivity index (χ1n) is 6.86. The van der Waals surface area contributed by atoms with Gasteiger partial charge < -0.3 is 11.5 Å². The van der Waals surface area contributed by atoms with E-state index in [1.165, 1.54) is 0 Å². The molecule has 0 atom stereocenters. The Bertz CT molecular complexity index is 671. The Hall–Kier alpha value is -2.52. The normalized spacial score (nSPS) is 12.5. The minimum absolute atomic E-state index is 0.303. The van der Waals surface area contributed by atoms with Crippen molar-refractivity contribution in [3.8, 4) is 0 Å². The lowest BCUT2D eigenvalue weighted by Gasteiger charge is -2.07. The van der Waals surface area contributed by atoms with Crippen LogP contribution in [-0.2, 0) is 0 Å². The highest BCUT2D eigenvalue weighted by molar-refractivity contribution is 6.31. The molecule has 0 amide bonds. The summed E-state index contributed by atoms with van der Waals surface area (Å²) in [6.45, 7) is 1.71. The van der Waals surface area contributed by atoms with Crippen molar-refractivity contribution in [2.75, 3.05) is 0 Å². The van der Waals surface area contributed by atoms with Gasteiger partial charge in [0.2, 0.25) is 0 Å². The molecule has 4 heteroatoms. The van der Waals surface area contributed by atoms with Gasteiger partial charge >= 0.3 is 0 Å². The summed E-state index contributed by atoms with van der Waals surface area (Å²) in [6, 6.07) is 19.7. The van der Waals surface area contributed by atoms with Gasteiger partial charge in [0.25, 0.3) is 0 Å². The molecule has 112 valence electrons. The van der Waals surface area contributed by atoms with Gasteiger partial charge in [-0.2, -0.15) is 0 Å². The Labute approximate surface area is 135 Å². The highest BCUT2D eigenvalue weighted by atomic mass is 35.5. The lowest BCUT2D eigenvalue weighted by molar-refractivity contribution is 1.22. The van der Waals surface area contributed by atoms with Crippen LogP contribution in [0, 0.1) is 0 Å². The van der Waals surface area contributed by atoms with Gasteiger partial charge in [0.15, 0.2) is 0 Å². The van der Waals surface area contributed by atoms with E-state index in [9.17, 15) is 0 Å². The van der Waals surface area contributed by atoms with Crippen LogP contribution < -0.4 is 11.5 Å². The molecule has 0 aliphatic heterocycles. The Kier molecular flexibility index (Phi) is 5.39. The summed E-state index contributed by atoms with van der Waals surface area (Å²) in [5, 5.41) is 0.390. The van der Waals surface area contributed by atoms with Crippen LogP contribution >= 0.6 is 11.6 Å². The molecule has 0 bridgehead atoms. The number of aliphatic imine (C=N–C) groups is 1. The Morgan fingerprint density at radius 2 is 1.36 bits per heavy atom. The van der Waals surface area contributed by atoms with Crippen LogP contribution in [0.4, 0.5) is 0 Å². The molecule has 0 aliphatic rings. The van der Waals surface area contributed by atoms with E-state index in [-0.39, 0.29) is 0 Å². The summed E-state index contributed by atoms with van der Waals surface area (Å²) in [5.74, 6) is 0.303. The van der Waals surface area contributed by atoms with Crippen LogP contribution in [0.2, 0.25) is 0 Å². The Morgan fingerprint density at radius 1 is 0.909 bits per heavy atom. The third-order valence-corrected chi connectivity index (χ3v) is 3.39. The number of hydrogen-bond donors (Lipinski definition) is 2. The summed E-state index contributed by atoms with van der Waals surface area (Å²) in [4.78, 5) is 4.52. The molecule has 4 N–H and O–H groups in total. The molecular weight excluding hydrogens is 294 g/mol. The van der Waals surface area contributed by atoms with Crippen molar-refractivity contribution < 1.29 is 0 Å². The van der Waals surface area contributed by atoms with Crippen LogP contribution in [0.5, 0.6) is 0 Å². The average Bonchev–Trinajstić information content (AvgIpc) is 2.54. The van der Waals surface area contributed by atoms with Gasteiger partial charge in [-0.3, -0.25) is 0 Å². The van der Waals surface area contributed by atoms with E-state index < -0.39 is 0 Å². The largest absolute Gasteiger partial charge is 0.401 e. The molecule has 2 rings (SSSR count). The second kappa shape index (κ2) is 7.48. The lowest BCUT2D eigenvalue weighted by Crippen LogP contribution is -2.07. The number of benzene rings is 2. The third kappa shape index (κ3) is 4.24. The average molecular weight is 312 g/mol. The molecule has 0 saturated heterocycles. The topological polar surface area (TPSA) is 64.4 Å². The van der Waals surface area contributed by atoms with Crippen molar-refractivity contribution in [2.24, 2.45) is 16.5 Å². The molecule has 0 unspecified atom stereocenters. The van der Waals surface area contributed by atoms with Gasteiger partial charge in [-0.1, -0.05) is 72.3 Å². The summed E-state index contributed by atoms with van der Waals surface area (Å²) < 4.78 is 0. The molecule has 3 nitrogen and oxygen atoms in total. The number of halogens is 1. The Balaban J connectivity index is 2.51. The first kappa shape index (κ1) is 15.9. The summed E-state index contributed by atoms with van der Waals surface area (Å²) in [7, 11) is 0. The first-order chi connectivity index (χ1) is 10.6. The zero-order chi connectivity index (χ0) is 15.9. The second-order valence-corrected chi connectivity index (χ2v) is 5.20. The highest BCUT2D eigenvalue weighted by Crippen LogP contribution is 2.14.